The Bertz CT molecular complexity index is 55.0. The molecular formula is C6H13NNaO-. The molecule has 0 spiro atoms. The molecule has 1 rings (SSSR count). The standard InChI is InChI=1S/C6H12N.Na.H2O/c1-2-7-5-3-4-6-7;;/h1-6H2;;1H2/q-1;+1;/p-1. The van der Waals surface area contributed by atoms with E-state index >= 15 is 0 Å². The first-order valence-corrected chi connectivity index (χ1v) is 2.95. The van der Waals surface area contributed by atoms with Gasteiger partial charge in [0.1, 0.15) is 0 Å². The van der Waals surface area contributed by atoms with Crippen LogP contribution in [0.5, 0.6) is 0 Å². The average molecular weight is 138 g/mol. The molecule has 1 aliphatic rings. The van der Waals surface area contributed by atoms with Gasteiger partial charge >= 0.3 is 29.6 Å². The summed E-state index contributed by atoms with van der Waals surface area (Å²) in [4.78, 5) is 2.38. The molecule has 0 radical (unpaired) electrons. The van der Waals surface area contributed by atoms with Gasteiger partial charge < -0.3 is 17.3 Å². The van der Waals surface area contributed by atoms with Crippen LogP contribution in [0.25, 0.3) is 0 Å². The number of hydrogen-bond acceptors (Lipinski definition) is 2. The van der Waals surface area contributed by atoms with Gasteiger partial charge in [0.2, 0.25) is 0 Å². The molecule has 50 valence electrons. The summed E-state index contributed by atoms with van der Waals surface area (Å²) >= 11 is 0. The van der Waals surface area contributed by atoms with E-state index in [9.17, 15) is 0 Å². The van der Waals surface area contributed by atoms with Crippen LogP contribution in [-0.4, -0.2) is 30.0 Å². The molecule has 0 aromatic carbocycles. The van der Waals surface area contributed by atoms with E-state index in [0.717, 1.165) is 6.54 Å². The van der Waals surface area contributed by atoms with Crippen LogP contribution < -0.4 is 29.6 Å². The predicted molar refractivity (Wildman–Crippen MR) is 33.0 cm³/mol. The summed E-state index contributed by atoms with van der Waals surface area (Å²) in [6, 6.07) is 0. The van der Waals surface area contributed by atoms with Gasteiger partial charge in [0.05, 0.1) is 0 Å². The van der Waals surface area contributed by atoms with Gasteiger partial charge in [0.25, 0.3) is 0 Å². The molecule has 1 N–H and O–H groups in total. The van der Waals surface area contributed by atoms with Crippen molar-refractivity contribution in [3.8, 4) is 0 Å². The Labute approximate surface area is 79.2 Å². The van der Waals surface area contributed by atoms with Gasteiger partial charge in [-0.3, -0.25) is 0 Å². The molecule has 0 aromatic heterocycles. The van der Waals surface area contributed by atoms with Crippen LogP contribution in [0.3, 0.4) is 0 Å². The third-order valence-corrected chi connectivity index (χ3v) is 1.51. The summed E-state index contributed by atoms with van der Waals surface area (Å²) in [6.07, 6.45) is 2.77. The maximum absolute atomic E-state index is 3.79. The Balaban J connectivity index is 0. The summed E-state index contributed by atoms with van der Waals surface area (Å²) in [5.74, 6) is 0. The van der Waals surface area contributed by atoms with E-state index in [1.807, 2.05) is 0 Å². The summed E-state index contributed by atoms with van der Waals surface area (Å²) in [6.45, 7) is 7.36. The van der Waals surface area contributed by atoms with Crippen molar-refractivity contribution < 1.29 is 35.0 Å². The molecule has 0 aliphatic carbocycles. The van der Waals surface area contributed by atoms with Gasteiger partial charge in [-0.15, -0.1) is 6.54 Å². The third-order valence-electron chi connectivity index (χ3n) is 1.51. The normalized spacial score (nSPS) is 18.3. The smallest absolute Gasteiger partial charge is 0.870 e. The Morgan fingerprint density at radius 3 is 1.89 bits per heavy atom. The van der Waals surface area contributed by atoms with Crippen molar-refractivity contribution in [2.45, 2.75) is 12.8 Å². The van der Waals surface area contributed by atoms with Crippen molar-refractivity contribution in [1.82, 2.24) is 4.90 Å². The molecule has 0 aromatic rings. The van der Waals surface area contributed by atoms with Crippen molar-refractivity contribution in [2.75, 3.05) is 19.6 Å². The molecule has 1 aliphatic heterocycles. The molecule has 1 saturated heterocycles. The minimum absolute atomic E-state index is 0. The molecule has 3 heteroatoms. The van der Waals surface area contributed by atoms with Crippen LogP contribution in [0.2, 0.25) is 0 Å². The average Bonchev–Trinajstić information content (AvgIpc) is 2.14. The van der Waals surface area contributed by atoms with E-state index in [-0.39, 0.29) is 35.0 Å². The minimum atomic E-state index is 0. The number of nitrogens with zero attached hydrogens (tertiary/aromatic N) is 1. The second-order valence-corrected chi connectivity index (χ2v) is 2.05. The first-order valence-electron chi connectivity index (χ1n) is 2.95. The fourth-order valence-corrected chi connectivity index (χ4v) is 1.01. The monoisotopic (exact) mass is 138 g/mol. The molecule has 1 heterocycles. The topological polar surface area (TPSA) is 33.2 Å². The fourth-order valence-electron chi connectivity index (χ4n) is 1.01. The largest absolute Gasteiger partial charge is 1.00 e. The van der Waals surface area contributed by atoms with Crippen molar-refractivity contribution >= 4 is 0 Å². The maximum Gasteiger partial charge on any atom is 1.00 e. The van der Waals surface area contributed by atoms with Gasteiger partial charge in [-0.1, -0.05) is 0 Å². The Morgan fingerprint density at radius 2 is 1.67 bits per heavy atom. The van der Waals surface area contributed by atoms with E-state index in [1.165, 1.54) is 25.9 Å². The van der Waals surface area contributed by atoms with E-state index in [1.54, 1.807) is 0 Å². The van der Waals surface area contributed by atoms with E-state index in [4.69, 9.17) is 0 Å². The Kier molecular flexibility index (Phi) is 9.83. The first-order chi connectivity index (χ1) is 3.43. The van der Waals surface area contributed by atoms with Crippen LogP contribution in [0.4, 0.5) is 0 Å². The zero-order valence-electron chi connectivity index (χ0n) is 6.14. The van der Waals surface area contributed by atoms with Crippen LogP contribution in [0, 0.1) is 6.92 Å². The van der Waals surface area contributed by atoms with Crippen LogP contribution >= 0.6 is 0 Å². The molecule has 1 fully saturated rings. The molecule has 0 bridgehead atoms. The molecular weight excluding hydrogens is 125 g/mol. The van der Waals surface area contributed by atoms with Crippen molar-refractivity contribution in [3.63, 3.8) is 0 Å². The van der Waals surface area contributed by atoms with Gasteiger partial charge in [-0.25, -0.2) is 0 Å². The van der Waals surface area contributed by atoms with Crippen LogP contribution in [0.15, 0.2) is 0 Å². The SMILES string of the molecule is [CH2-]CN1CCCC1.[Na+].[OH-]. The molecule has 0 atom stereocenters. The molecule has 0 unspecified atom stereocenters. The number of likely N-dealkylation sites (tertiary alicyclic amines) is 1. The van der Waals surface area contributed by atoms with Crippen molar-refractivity contribution in [3.05, 3.63) is 6.92 Å². The predicted octanol–water partition coefficient (Wildman–Crippen LogP) is -2.26. The zero-order valence-corrected chi connectivity index (χ0v) is 8.14. The second kappa shape index (κ2) is 7.03. The van der Waals surface area contributed by atoms with Gasteiger partial charge in [0, 0.05) is 0 Å². The van der Waals surface area contributed by atoms with Crippen LogP contribution in [0.1, 0.15) is 12.8 Å². The van der Waals surface area contributed by atoms with Gasteiger partial charge in [-0.2, -0.15) is 0 Å². The second-order valence-electron chi connectivity index (χ2n) is 2.05. The van der Waals surface area contributed by atoms with E-state index in [0.29, 0.717) is 0 Å². The molecule has 2 nitrogen and oxygen atoms in total. The van der Waals surface area contributed by atoms with Crippen molar-refractivity contribution in [1.29, 1.82) is 0 Å². The third kappa shape index (κ3) is 4.34. The number of rotatable bonds is 1. The number of hydrogen-bond donors (Lipinski definition) is 0. The Morgan fingerprint density at radius 1 is 1.22 bits per heavy atom. The summed E-state index contributed by atoms with van der Waals surface area (Å²) in [5.41, 5.74) is 0. The summed E-state index contributed by atoms with van der Waals surface area (Å²) < 4.78 is 0. The zero-order chi connectivity index (χ0) is 5.11. The van der Waals surface area contributed by atoms with Gasteiger partial charge in [0.15, 0.2) is 0 Å². The maximum atomic E-state index is 3.79. The molecule has 0 amide bonds. The summed E-state index contributed by atoms with van der Waals surface area (Å²) in [5, 5.41) is 0. The summed E-state index contributed by atoms with van der Waals surface area (Å²) in [7, 11) is 0. The first kappa shape index (κ1) is 12.6. The fraction of sp³-hybridized carbons (Fsp3) is 0.833. The van der Waals surface area contributed by atoms with Crippen LogP contribution in [-0.2, 0) is 0 Å². The molecule has 0 saturated carbocycles. The minimum Gasteiger partial charge on any atom is -0.870 e. The molecule has 9 heavy (non-hydrogen) atoms. The van der Waals surface area contributed by atoms with E-state index < -0.39 is 0 Å². The van der Waals surface area contributed by atoms with Crippen molar-refractivity contribution in [2.24, 2.45) is 0 Å². The van der Waals surface area contributed by atoms with Gasteiger partial charge in [-0.05, 0) is 25.9 Å². The Hall–Kier alpha value is 0.920. The quantitative estimate of drug-likeness (QED) is 0.303. The van der Waals surface area contributed by atoms with E-state index in [2.05, 4.69) is 11.8 Å².